The number of rotatable bonds is 5. The maximum Gasteiger partial charge on any atom is 0.137 e. The van der Waals surface area contributed by atoms with Gasteiger partial charge < -0.3 is 4.98 Å². The molecule has 0 amide bonds. The fourth-order valence-corrected chi connectivity index (χ4v) is 3.22. The molecule has 0 aliphatic carbocycles. The molecule has 4 aromatic rings. The summed E-state index contributed by atoms with van der Waals surface area (Å²) in [4.78, 5) is 12.0. The molecule has 3 nitrogen and oxygen atoms in total. The third-order valence-corrected chi connectivity index (χ3v) is 4.60. The Bertz CT molecular complexity index is 987. The second-order valence-electron chi connectivity index (χ2n) is 6.36. The fourth-order valence-electron chi connectivity index (χ4n) is 3.22. The van der Waals surface area contributed by atoms with Crippen molar-refractivity contribution in [3.63, 3.8) is 0 Å². The number of aryl methyl sites for hydroxylation is 1. The van der Waals surface area contributed by atoms with Crippen molar-refractivity contribution in [1.82, 2.24) is 15.0 Å². The van der Waals surface area contributed by atoms with E-state index in [0.29, 0.717) is 0 Å². The molecule has 0 unspecified atom stereocenters. The first-order valence-corrected chi connectivity index (χ1v) is 8.82. The number of unbranched alkanes of at least 4 members (excludes halogenated alkanes) is 1. The molecule has 0 aliphatic rings. The third kappa shape index (κ3) is 3.18. The van der Waals surface area contributed by atoms with E-state index in [9.17, 15) is 0 Å². The Kier molecular flexibility index (Phi) is 4.30. The quantitative estimate of drug-likeness (QED) is 0.516. The van der Waals surface area contributed by atoms with Crippen LogP contribution in [0.3, 0.4) is 0 Å². The highest BCUT2D eigenvalue weighted by Crippen LogP contribution is 2.31. The molecule has 0 radical (unpaired) electrons. The molecular formula is C22H21N3. The van der Waals surface area contributed by atoms with Crippen molar-refractivity contribution in [2.45, 2.75) is 26.2 Å². The first kappa shape index (κ1) is 15.6. The monoisotopic (exact) mass is 327 g/mol. The fraction of sp³-hybridized carbons (Fsp3) is 0.182. The molecular weight excluding hydrogens is 306 g/mol. The molecule has 0 aliphatic heterocycles. The summed E-state index contributed by atoms with van der Waals surface area (Å²) in [5.74, 6) is 0. The number of nitrogens with zero attached hydrogens (tertiary/aromatic N) is 2. The maximum atomic E-state index is 4.62. The summed E-state index contributed by atoms with van der Waals surface area (Å²) in [6.07, 6.45) is 11.2. The molecule has 124 valence electrons. The van der Waals surface area contributed by atoms with Gasteiger partial charge in [0.25, 0.3) is 0 Å². The van der Waals surface area contributed by atoms with Crippen LogP contribution in [0.4, 0.5) is 0 Å². The minimum atomic E-state index is 0.915. The molecule has 0 saturated carbocycles. The van der Waals surface area contributed by atoms with Gasteiger partial charge in [-0.05, 0) is 47.7 Å². The molecule has 3 heteroatoms. The number of nitrogens with one attached hydrogen (secondary N) is 1. The van der Waals surface area contributed by atoms with E-state index >= 15 is 0 Å². The Morgan fingerprint density at radius 2 is 1.84 bits per heavy atom. The number of benzene rings is 1. The Labute approximate surface area is 147 Å². The van der Waals surface area contributed by atoms with E-state index in [0.717, 1.165) is 34.1 Å². The zero-order valence-electron chi connectivity index (χ0n) is 14.4. The molecule has 3 aromatic heterocycles. The Hall–Kier alpha value is -2.94. The van der Waals surface area contributed by atoms with E-state index in [2.05, 4.69) is 52.2 Å². The van der Waals surface area contributed by atoms with E-state index in [1.165, 1.54) is 24.0 Å². The predicted molar refractivity (Wildman–Crippen MR) is 103 cm³/mol. The van der Waals surface area contributed by atoms with Crippen molar-refractivity contribution in [3.05, 3.63) is 72.8 Å². The first-order chi connectivity index (χ1) is 12.3. The van der Waals surface area contributed by atoms with Gasteiger partial charge in [-0.25, -0.2) is 4.98 Å². The van der Waals surface area contributed by atoms with Crippen molar-refractivity contribution >= 4 is 11.0 Å². The van der Waals surface area contributed by atoms with Crippen LogP contribution in [-0.2, 0) is 6.42 Å². The number of aromatic amines is 1. The lowest BCUT2D eigenvalue weighted by atomic mass is 10.00. The summed E-state index contributed by atoms with van der Waals surface area (Å²) < 4.78 is 0. The van der Waals surface area contributed by atoms with Crippen LogP contribution in [0.2, 0.25) is 0 Å². The van der Waals surface area contributed by atoms with E-state index in [1.54, 1.807) is 0 Å². The van der Waals surface area contributed by atoms with Crippen LogP contribution in [0.1, 0.15) is 25.3 Å². The average molecular weight is 327 g/mol. The van der Waals surface area contributed by atoms with Gasteiger partial charge in [0.1, 0.15) is 5.65 Å². The zero-order chi connectivity index (χ0) is 17.1. The van der Waals surface area contributed by atoms with Crippen LogP contribution in [-0.4, -0.2) is 15.0 Å². The van der Waals surface area contributed by atoms with E-state index in [-0.39, 0.29) is 0 Å². The van der Waals surface area contributed by atoms with Gasteiger partial charge in [0.05, 0.1) is 0 Å². The highest BCUT2D eigenvalue weighted by atomic mass is 14.8. The molecule has 0 saturated heterocycles. The molecule has 25 heavy (non-hydrogen) atoms. The smallest absolute Gasteiger partial charge is 0.137 e. The molecule has 0 atom stereocenters. The van der Waals surface area contributed by atoms with Gasteiger partial charge in [-0.1, -0.05) is 37.6 Å². The van der Waals surface area contributed by atoms with Crippen molar-refractivity contribution in [2.75, 3.05) is 0 Å². The van der Waals surface area contributed by atoms with Gasteiger partial charge >= 0.3 is 0 Å². The van der Waals surface area contributed by atoms with Crippen LogP contribution < -0.4 is 0 Å². The summed E-state index contributed by atoms with van der Waals surface area (Å²) in [6.45, 7) is 2.23. The molecule has 4 rings (SSSR count). The summed E-state index contributed by atoms with van der Waals surface area (Å²) >= 11 is 0. The molecule has 0 fully saturated rings. The van der Waals surface area contributed by atoms with E-state index < -0.39 is 0 Å². The van der Waals surface area contributed by atoms with Crippen LogP contribution in [0, 0.1) is 0 Å². The van der Waals surface area contributed by atoms with E-state index in [4.69, 9.17) is 0 Å². The topological polar surface area (TPSA) is 41.6 Å². The zero-order valence-corrected chi connectivity index (χ0v) is 14.4. The van der Waals surface area contributed by atoms with Gasteiger partial charge in [0.15, 0.2) is 0 Å². The van der Waals surface area contributed by atoms with Crippen LogP contribution in [0.15, 0.2) is 67.3 Å². The van der Waals surface area contributed by atoms with E-state index in [1.807, 2.05) is 36.9 Å². The first-order valence-electron chi connectivity index (χ1n) is 8.82. The number of fused-ring (bicyclic) bond motifs is 1. The number of aromatic nitrogens is 3. The predicted octanol–water partition coefficient (Wildman–Crippen LogP) is 5.63. The van der Waals surface area contributed by atoms with Gasteiger partial charge in [0, 0.05) is 41.3 Å². The average Bonchev–Trinajstić information content (AvgIpc) is 3.10. The summed E-state index contributed by atoms with van der Waals surface area (Å²) in [5.41, 5.74) is 7.00. The lowest BCUT2D eigenvalue weighted by Gasteiger charge is -2.06. The second-order valence-corrected chi connectivity index (χ2v) is 6.36. The largest absolute Gasteiger partial charge is 0.346 e. The summed E-state index contributed by atoms with van der Waals surface area (Å²) in [6, 6.07) is 15.1. The molecule has 0 spiro atoms. The lowest BCUT2D eigenvalue weighted by Crippen LogP contribution is -1.87. The number of hydrogen-bond donors (Lipinski definition) is 1. The lowest BCUT2D eigenvalue weighted by molar-refractivity contribution is 0.795. The van der Waals surface area contributed by atoms with Crippen LogP contribution in [0.25, 0.3) is 33.3 Å². The maximum absolute atomic E-state index is 4.62. The van der Waals surface area contributed by atoms with Gasteiger partial charge in [-0.15, -0.1) is 0 Å². The number of hydrogen-bond acceptors (Lipinski definition) is 2. The highest BCUT2D eigenvalue weighted by molar-refractivity contribution is 5.95. The van der Waals surface area contributed by atoms with Crippen molar-refractivity contribution in [2.24, 2.45) is 0 Å². The number of pyridine rings is 2. The molecule has 1 aromatic carbocycles. The van der Waals surface area contributed by atoms with Crippen LogP contribution >= 0.6 is 0 Å². The number of H-pyrrole nitrogens is 1. The Morgan fingerprint density at radius 3 is 2.68 bits per heavy atom. The summed E-state index contributed by atoms with van der Waals surface area (Å²) in [7, 11) is 0. The Balaban J connectivity index is 1.76. The molecule has 3 heterocycles. The minimum Gasteiger partial charge on any atom is -0.346 e. The van der Waals surface area contributed by atoms with Crippen molar-refractivity contribution in [3.8, 4) is 22.3 Å². The van der Waals surface area contributed by atoms with Crippen LogP contribution in [0.5, 0.6) is 0 Å². The Morgan fingerprint density at radius 1 is 0.960 bits per heavy atom. The molecule has 1 N–H and O–H groups in total. The van der Waals surface area contributed by atoms with Gasteiger partial charge in [0.2, 0.25) is 0 Å². The standard InChI is InChI=1S/C22H21N3/c1-2-3-5-16-6-4-7-18(12-16)19-13-20-21(15-25-22(20)24-14-19)17-8-10-23-11-9-17/h4,6-15H,2-3,5H2,1H3,(H,24,25). The highest BCUT2D eigenvalue weighted by Gasteiger charge is 2.09. The normalized spacial score (nSPS) is 11.1. The summed E-state index contributed by atoms with van der Waals surface area (Å²) in [5, 5.41) is 1.14. The van der Waals surface area contributed by atoms with Crippen molar-refractivity contribution < 1.29 is 0 Å². The van der Waals surface area contributed by atoms with Crippen molar-refractivity contribution in [1.29, 1.82) is 0 Å². The second kappa shape index (κ2) is 6.89. The third-order valence-electron chi connectivity index (χ3n) is 4.60. The minimum absolute atomic E-state index is 0.915. The van der Waals surface area contributed by atoms with Gasteiger partial charge in [-0.2, -0.15) is 0 Å². The molecule has 0 bridgehead atoms. The SMILES string of the molecule is CCCCc1cccc(-c2cnc3[nH]cc(-c4ccncc4)c3c2)c1. The van der Waals surface area contributed by atoms with Gasteiger partial charge in [-0.3, -0.25) is 4.98 Å².